The van der Waals surface area contributed by atoms with Crippen LogP contribution in [0, 0.1) is 10.1 Å². The zero-order valence-corrected chi connectivity index (χ0v) is 15.5. The van der Waals surface area contributed by atoms with E-state index in [4.69, 9.17) is 4.42 Å². The van der Waals surface area contributed by atoms with Crippen LogP contribution in [0.5, 0.6) is 0 Å². The molecule has 1 N–H and O–H groups in total. The molecule has 0 atom stereocenters. The predicted molar refractivity (Wildman–Crippen MR) is 102 cm³/mol. The number of aromatic amines is 1. The van der Waals surface area contributed by atoms with Crippen molar-refractivity contribution in [2.24, 2.45) is 0 Å². The molecule has 0 saturated heterocycles. The highest BCUT2D eigenvalue weighted by Crippen LogP contribution is 2.24. The van der Waals surface area contributed by atoms with E-state index in [9.17, 15) is 14.9 Å². The number of oxazole rings is 1. The summed E-state index contributed by atoms with van der Waals surface area (Å²) in [4.78, 5) is 27.9. The van der Waals surface area contributed by atoms with Gasteiger partial charge in [0.15, 0.2) is 11.4 Å². The molecule has 4 rings (SSSR count). The van der Waals surface area contributed by atoms with Crippen molar-refractivity contribution in [3.8, 4) is 10.7 Å². The number of aryl methyl sites for hydroxylation is 1. The lowest BCUT2D eigenvalue weighted by atomic mass is 10.3. The molecule has 0 fully saturated rings. The predicted octanol–water partition coefficient (Wildman–Crippen LogP) is 3.53. The second-order valence-corrected chi connectivity index (χ2v) is 7.58. The smallest absolute Gasteiger partial charge is 0.408 e. The standard InChI is InChI=1S/C16H13N5O4S2/c22-16-20(11-9-10(21(23)24)4-5-12(11)25-16)6-2-8-27-15-17-14(18-19-15)13-3-1-7-26-13/h1,3-5,7,9H,2,6,8H2,(H,17,18,19). The third-order valence-electron chi connectivity index (χ3n) is 3.84. The summed E-state index contributed by atoms with van der Waals surface area (Å²) in [6, 6.07) is 8.04. The molecule has 0 spiro atoms. The molecule has 138 valence electrons. The SMILES string of the molecule is O=c1oc2ccc([N+](=O)[O-])cc2n1CCCSc1n[nH]c(-c2cccs2)n1. The second kappa shape index (κ2) is 7.37. The van der Waals surface area contributed by atoms with E-state index < -0.39 is 10.7 Å². The van der Waals surface area contributed by atoms with Crippen LogP contribution in [-0.4, -0.2) is 30.4 Å². The Hall–Kier alpha value is -2.92. The third-order valence-corrected chi connectivity index (χ3v) is 5.65. The van der Waals surface area contributed by atoms with Crippen LogP contribution < -0.4 is 5.76 Å². The van der Waals surface area contributed by atoms with Gasteiger partial charge in [-0.3, -0.25) is 19.8 Å². The first-order valence-electron chi connectivity index (χ1n) is 7.98. The zero-order chi connectivity index (χ0) is 18.8. The molecule has 0 radical (unpaired) electrons. The Morgan fingerprint density at radius 2 is 2.26 bits per heavy atom. The molecule has 0 aliphatic carbocycles. The number of fused-ring (bicyclic) bond motifs is 1. The number of thioether (sulfide) groups is 1. The number of nitrogens with one attached hydrogen (secondary N) is 1. The molecule has 3 heterocycles. The van der Waals surface area contributed by atoms with Crippen LogP contribution >= 0.6 is 23.1 Å². The number of nitrogens with zero attached hydrogens (tertiary/aromatic N) is 4. The number of hydrogen-bond acceptors (Lipinski definition) is 8. The lowest BCUT2D eigenvalue weighted by Crippen LogP contribution is -2.14. The molecule has 4 aromatic rings. The molecule has 0 saturated carbocycles. The van der Waals surface area contributed by atoms with E-state index in [1.54, 1.807) is 11.3 Å². The normalized spacial score (nSPS) is 11.3. The largest absolute Gasteiger partial charge is 0.419 e. The van der Waals surface area contributed by atoms with E-state index >= 15 is 0 Å². The number of nitro groups is 1. The fourth-order valence-corrected chi connectivity index (χ4v) is 3.98. The number of H-pyrrole nitrogens is 1. The van der Waals surface area contributed by atoms with Crippen molar-refractivity contribution in [2.75, 3.05) is 5.75 Å². The van der Waals surface area contributed by atoms with Crippen molar-refractivity contribution < 1.29 is 9.34 Å². The fourth-order valence-electron chi connectivity index (χ4n) is 2.60. The lowest BCUT2D eigenvalue weighted by Gasteiger charge is -2.01. The molecule has 0 aliphatic heterocycles. The van der Waals surface area contributed by atoms with Gasteiger partial charge in [-0.1, -0.05) is 17.8 Å². The van der Waals surface area contributed by atoms with Crippen molar-refractivity contribution in [1.82, 2.24) is 19.7 Å². The van der Waals surface area contributed by atoms with E-state index in [1.165, 1.54) is 34.5 Å². The fraction of sp³-hybridized carbons (Fsp3) is 0.188. The second-order valence-electron chi connectivity index (χ2n) is 5.57. The van der Waals surface area contributed by atoms with Gasteiger partial charge in [0.05, 0.1) is 15.3 Å². The first-order chi connectivity index (χ1) is 13.1. The molecule has 0 bridgehead atoms. The molecule has 0 aliphatic rings. The molecule has 27 heavy (non-hydrogen) atoms. The maximum absolute atomic E-state index is 12.0. The van der Waals surface area contributed by atoms with Gasteiger partial charge < -0.3 is 4.42 Å². The monoisotopic (exact) mass is 403 g/mol. The van der Waals surface area contributed by atoms with Crippen molar-refractivity contribution in [3.05, 3.63) is 56.4 Å². The van der Waals surface area contributed by atoms with Crippen molar-refractivity contribution in [2.45, 2.75) is 18.1 Å². The number of thiophene rings is 1. The Bertz CT molecular complexity index is 1150. The molecule has 0 amide bonds. The van der Waals surface area contributed by atoms with Crippen molar-refractivity contribution >= 4 is 39.9 Å². The van der Waals surface area contributed by atoms with E-state index in [1.807, 2.05) is 17.5 Å². The van der Waals surface area contributed by atoms with Gasteiger partial charge in [0.25, 0.3) is 5.69 Å². The van der Waals surface area contributed by atoms with E-state index in [-0.39, 0.29) is 5.69 Å². The minimum absolute atomic E-state index is 0.0757. The summed E-state index contributed by atoms with van der Waals surface area (Å²) in [6.45, 7) is 0.391. The average molecular weight is 403 g/mol. The van der Waals surface area contributed by atoms with E-state index in [2.05, 4.69) is 15.2 Å². The van der Waals surface area contributed by atoms with Gasteiger partial charge in [-0.05, 0) is 23.9 Å². The highest BCUT2D eigenvalue weighted by molar-refractivity contribution is 7.99. The summed E-state index contributed by atoms with van der Waals surface area (Å²) in [5.41, 5.74) is 0.693. The number of aromatic nitrogens is 4. The Kier molecular flexibility index (Phi) is 4.77. The summed E-state index contributed by atoms with van der Waals surface area (Å²) in [6.07, 6.45) is 0.658. The lowest BCUT2D eigenvalue weighted by molar-refractivity contribution is -0.384. The summed E-state index contributed by atoms with van der Waals surface area (Å²) >= 11 is 3.06. The maximum atomic E-state index is 12.0. The average Bonchev–Trinajstić information content (AvgIpc) is 3.38. The van der Waals surface area contributed by atoms with Gasteiger partial charge in [-0.15, -0.1) is 16.4 Å². The number of non-ortho nitro benzene ring substituents is 1. The highest BCUT2D eigenvalue weighted by atomic mass is 32.2. The molecule has 3 aromatic heterocycles. The van der Waals surface area contributed by atoms with Crippen LogP contribution in [0.2, 0.25) is 0 Å². The minimum atomic E-state index is -0.520. The Morgan fingerprint density at radius 3 is 3.04 bits per heavy atom. The van der Waals surface area contributed by atoms with Crippen LogP contribution in [0.25, 0.3) is 21.8 Å². The van der Waals surface area contributed by atoms with Crippen molar-refractivity contribution in [3.63, 3.8) is 0 Å². The summed E-state index contributed by atoms with van der Waals surface area (Å²) in [5, 5.41) is 20.6. The summed E-state index contributed by atoms with van der Waals surface area (Å²) < 4.78 is 6.56. The van der Waals surface area contributed by atoms with E-state index in [0.29, 0.717) is 35.0 Å². The summed E-state index contributed by atoms with van der Waals surface area (Å²) in [7, 11) is 0. The Balaban J connectivity index is 1.40. The van der Waals surface area contributed by atoms with Gasteiger partial charge in [-0.2, -0.15) is 0 Å². The molecule has 9 nitrogen and oxygen atoms in total. The number of hydrogen-bond donors (Lipinski definition) is 1. The molecule has 0 unspecified atom stereocenters. The molecule has 11 heteroatoms. The highest BCUT2D eigenvalue weighted by Gasteiger charge is 2.14. The van der Waals surface area contributed by atoms with Crippen LogP contribution in [0.15, 0.2) is 50.1 Å². The van der Waals surface area contributed by atoms with Crippen molar-refractivity contribution in [1.29, 1.82) is 0 Å². The number of benzene rings is 1. The number of rotatable bonds is 7. The molecular formula is C16H13N5O4S2. The maximum Gasteiger partial charge on any atom is 0.419 e. The topological polar surface area (TPSA) is 120 Å². The van der Waals surface area contributed by atoms with Gasteiger partial charge >= 0.3 is 5.76 Å². The summed E-state index contributed by atoms with van der Waals surface area (Å²) in [5.74, 6) is 0.903. The van der Waals surface area contributed by atoms with Gasteiger partial charge in [0.2, 0.25) is 5.16 Å². The first kappa shape index (κ1) is 17.5. The van der Waals surface area contributed by atoms with Crippen LogP contribution in [0.3, 0.4) is 0 Å². The molecular weight excluding hydrogens is 390 g/mol. The quantitative estimate of drug-likeness (QED) is 0.217. The van der Waals surface area contributed by atoms with E-state index in [0.717, 1.165) is 10.7 Å². The Morgan fingerprint density at radius 1 is 1.37 bits per heavy atom. The molecule has 1 aromatic carbocycles. The minimum Gasteiger partial charge on any atom is -0.408 e. The van der Waals surface area contributed by atoms with Gasteiger partial charge in [0.1, 0.15) is 0 Å². The third kappa shape index (κ3) is 3.64. The number of nitro benzene ring substituents is 1. The van der Waals surface area contributed by atoms with Crippen LogP contribution in [0.4, 0.5) is 5.69 Å². The van der Waals surface area contributed by atoms with Gasteiger partial charge in [-0.25, -0.2) is 9.78 Å². The van der Waals surface area contributed by atoms with Crippen LogP contribution in [0.1, 0.15) is 6.42 Å². The zero-order valence-electron chi connectivity index (χ0n) is 13.8. The van der Waals surface area contributed by atoms with Gasteiger partial charge in [0, 0.05) is 24.4 Å². The van der Waals surface area contributed by atoms with Crippen LogP contribution in [-0.2, 0) is 6.54 Å². The first-order valence-corrected chi connectivity index (χ1v) is 9.85. The Labute approximate surface area is 160 Å².